The maximum absolute atomic E-state index is 13.5. The zero-order chi connectivity index (χ0) is 14.0. The molecule has 1 atom stereocenters. The highest BCUT2D eigenvalue weighted by Crippen LogP contribution is 2.31. The first kappa shape index (κ1) is 14.6. The van der Waals surface area contributed by atoms with Crippen LogP contribution in [-0.2, 0) is 6.42 Å². The Morgan fingerprint density at radius 2 is 1.63 bits per heavy atom. The Hall–Kier alpha value is -0.810. The molecule has 5 heteroatoms. The van der Waals surface area contributed by atoms with Gasteiger partial charge in [-0.3, -0.25) is 0 Å². The van der Waals surface area contributed by atoms with Gasteiger partial charge in [-0.2, -0.15) is 0 Å². The number of alkyl halides is 1. The van der Waals surface area contributed by atoms with E-state index in [1.807, 2.05) is 0 Å². The summed E-state index contributed by atoms with van der Waals surface area (Å²) in [5.41, 5.74) is 0.610. The fourth-order valence-corrected chi connectivity index (χ4v) is 2.85. The number of hydrogen-bond acceptors (Lipinski definition) is 0. The van der Waals surface area contributed by atoms with Crippen molar-refractivity contribution in [1.82, 2.24) is 0 Å². The van der Waals surface area contributed by atoms with E-state index in [1.165, 1.54) is 30.3 Å². The van der Waals surface area contributed by atoms with E-state index in [0.717, 1.165) is 0 Å². The van der Waals surface area contributed by atoms with E-state index < -0.39 is 17.5 Å². The topological polar surface area (TPSA) is 0 Å². The van der Waals surface area contributed by atoms with Gasteiger partial charge in [0, 0.05) is 14.9 Å². The van der Waals surface area contributed by atoms with Crippen LogP contribution in [-0.4, -0.2) is 0 Å². The zero-order valence-corrected chi connectivity index (χ0v) is 12.8. The van der Waals surface area contributed by atoms with Crippen LogP contribution in [0, 0.1) is 17.5 Å². The first-order chi connectivity index (χ1) is 8.97. The molecule has 0 saturated heterocycles. The van der Waals surface area contributed by atoms with Crippen LogP contribution in [0.4, 0.5) is 13.2 Å². The van der Waals surface area contributed by atoms with Gasteiger partial charge in [0.25, 0.3) is 0 Å². The molecule has 0 nitrogen and oxygen atoms in total. The quantitative estimate of drug-likeness (QED) is 0.600. The molecule has 0 saturated carbocycles. The van der Waals surface area contributed by atoms with Gasteiger partial charge in [0.2, 0.25) is 0 Å². The second kappa shape index (κ2) is 6.09. The van der Waals surface area contributed by atoms with Crippen molar-refractivity contribution in [3.05, 3.63) is 69.4 Å². The molecule has 0 aliphatic carbocycles. The van der Waals surface area contributed by atoms with Crippen molar-refractivity contribution in [2.75, 3.05) is 0 Å². The van der Waals surface area contributed by atoms with E-state index >= 15 is 0 Å². The van der Waals surface area contributed by atoms with Crippen molar-refractivity contribution < 1.29 is 13.2 Å². The summed E-state index contributed by atoms with van der Waals surface area (Å²) in [4.78, 5) is -0.370. The number of hydrogen-bond donors (Lipinski definition) is 0. The van der Waals surface area contributed by atoms with Gasteiger partial charge in [0.05, 0.1) is 0 Å². The molecule has 0 N–H and O–H groups in total. The summed E-state index contributed by atoms with van der Waals surface area (Å²) in [5.74, 6) is -1.59. The van der Waals surface area contributed by atoms with Crippen LogP contribution in [0.5, 0.6) is 0 Å². The number of benzene rings is 2. The zero-order valence-electron chi connectivity index (χ0n) is 9.64. The lowest BCUT2D eigenvalue weighted by Gasteiger charge is -2.12. The van der Waals surface area contributed by atoms with Crippen LogP contribution in [0.2, 0.25) is 0 Å². The summed E-state index contributed by atoms with van der Waals surface area (Å²) >= 11 is 6.53. The molecule has 0 heterocycles. The lowest BCUT2D eigenvalue weighted by atomic mass is 10.0. The molecule has 2 aromatic rings. The van der Waals surface area contributed by atoms with Crippen molar-refractivity contribution >= 4 is 31.9 Å². The SMILES string of the molecule is Fc1cc(Br)cc(C(Br)Cc2c(F)cccc2F)c1. The van der Waals surface area contributed by atoms with E-state index in [2.05, 4.69) is 31.9 Å². The molecule has 0 aromatic heterocycles. The van der Waals surface area contributed by atoms with Gasteiger partial charge >= 0.3 is 0 Å². The van der Waals surface area contributed by atoms with Crippen LogP contribution in [0.15, 0.2) is 40.9 Å². The molecule has 0 amide bonds. The molecule has 0 aliphatic rings. The van der Waals surface area contributed by atoms with Gasteiger partial charge in [0.1, 0.15) is 17.5 Å². The predicted molar refractivity (Wildman–Crippen MR) is 75.8 cm³/mol. The molecule has 19 heavy (non-hydrogen) atoms. The Bertz CT molecular complexity index is 559. The predicted octanol–water partition coefficient (Wildman–Crippen LogP) is 5.55. The molecule has 0 radical (unpaired) electrons. The summed E-state index contributed by atoms with van der Waals surface area (Å²) in [7, 11) is 0. The molecular formula is C14H9Br2F3. The summed E-state index contributed by atoms with van der Waals surface area (Å²) in [6, 6.07) is 8.10. The highest BCUT2D eigenvalue weighted by molar-refractivity contribution is 9.10. The van der Waals surface area contributed by atoms with Crippen molar-refractivity contribution in [2.45, 2.75) is 11.2 Å². The molecule has 0 fully saturated rings. The molecule has 1 unspecified atom stereocenters. The van der Waals surface area contributed by atoms with Gasteiger partial charge in [-0.05, 0) is 42.3 Å². The second-order valence-corrected chi connectivity index (χ2v) is 6.10. The Kier molecular flexibility index (Phi) is 4.68. The third kappa shape index (κ3) is 3.60. The largest absolute Gasteiger partial charge is 0.207 e. The summed E-state index contributed by atoms with van der Waals surface area (Å²) in [6.45, 7) is 0. The maximum atomic E-state index is 13.5. The number of halogens is 5. The van der Waals surface area contributed by atoms with Gasteiger partial charge in [-0.1, -0.05) is 37.9 Å². The normalized spacial score (nSPS) is 12.5. The summed E-state index contributed by atoms with van der Waals surface area (Å²) in [6.07, 6.45) is 0.106. The smallest absolute Gasteiger partial charge is 0.129 e. The van der Waals surface area contributed by atoms with Crippen molar-refractivity contribution in [1.29, 1.82) is 0 Å². The lowest BCUT2D eigenvalue weighted by molar-refractivity contribution is 0.554. The molecule has 0 aliphatic heterocycles. The summed E-state index contributed by atoms with van der Waals surface area (Å²) < 4.78 is 41.0. The van der Waals surface area contributed by atoms with Crippen molar-refractivity contribution in [2.24, 2.45) is 0 Å². The van der Waals surface area contributed by atoms with Gasteiger partial charge < -0.3 is 0 Å². The highest BCUT2D eigenvalue weighted by Gasteiger charge is 2.16. The lowest BCUT2D eigenvalue weighted by Crippen LogP contribution is -2.01. The van der Waals surface area contributed by atoms with Crippen LogP contribution < -0.4 is 0 Å². The third-order valence-corrected chi connectivity index (χ3v) is 4.00. The molecule has 100 valence electrons. The van der Waals surface area contributed by atoms with Crippen LogP contribution in [0.1, 0.15) is 16.0 Å². The van der Waals surface area contributed by atoms with Gasteiger partial charge in [-0.15, -0.1) is 0 Å². The minimum Gasteiger partial charge on any atom is -0.207 e. The van der Waals surface area contributed by atoms with E-state index in [0.29, 0.717) is 10.0 Å². The van der Waals surface area contributed by atoms with E-state index in [-0.39, 0.29) is 16.8 Å². The van der Waals surface area contributed by atoms with Gasteiger partial charge in [0.15, 0.2) is 0 Å². The first-order valence-corrected chi connectivity index (χ1v) is 7.21. The molecule has 2 aromatic carbocycles. The molecule has 0 bridgehead atoms. The molecular weight excluding hydrogens is 385 g/mol. The Morgan fingerprint density at radius 3 is 2.21 bits per heavy atom. The fourth-order valence-electron chi connectivity index (χ4n) is 1.78. The summed E-state index contributed by atoms with van der Waals surface area (Å²) in [5, 5.41) is 0. The van der Waals surface area contributed by atoms with E-state index in [4.69, 9.17) is 0 Å². The Morgan fingerprint density at radius 1 is 1.00 bits per heavy atom. The van der Waals surface area contributed by atoms with Crippen molar-refractivity contribution in [3.8, 4) is 0 Å². The van der Waals surface area contributed by atoms with E-state index in [1.54, 1.807) is 6.07 Å². The first-order valence-electron chi connectivity index (χ1n) is 5.50. The van der Waals surface area contributed by atoms with Crippen LogP contribution in [0.25, 0.3) is 0 Å². The minimum atomic E-state index is -0.597. The maximum Gasteiger partial charge on any atom is 0.129 e. The highest BCUT2D eigenvalue weighted by atomic mass is 79.9. The average molecular weight is 394 g/mol. The third-order valence-electron chi connectivity index (χ3n) is 2.69. The Labute approximate surface area is 125 Å². The Balaban J connectivity index is 2.28. The van der Waals surface area contributed by atoms with E-state index in [9.17, 15) is 13.2 Å². The average Bonchev–Trinajstić information content (AvgIpc) is 2.32. The van der Waals surface area contributed by atoms with Crippen LogP contribution in [0.3, 0.4) is 0 Å². The monoisotopic (exact) mass is 392 g/mol. The fraction of sp³-hybridized carbons (Fsp3) is 0.143. The standard InChI is InChI=1S/C14H9Br2F3/c15-9-4-8(5-10(17)6-9)12(16)7-11-13(18)2-1-3-14(11)19/h1-6,12H,7H2. The molecule has 0 spiro atoms. The van der Waals surface area contributed by atoms with Gasteiger partial charge in [-0.25, -0.2) is 13.2 Å². The van der Waals surface area contributed by atoms with Crippen molar-refractivity contribution in [3.63, 3.8) is 0 Å². The van der Waals surface area contributed by atoms with Crippen LogP contribution >= 0.6 is 31.9 Å². The minimum absolute atomic E-state index is 0.00948. The molecule has 2 rings (SSSR count). The number of rotatable bonds is 3. The second-order valence-electron chi connectivity index (χ2n) is 4.07.